The van der Waals surface area contributed by atoms with Crippen LogP contribution in [0.2, 0.25) is 0 Å². The molecule has 0 atom stereocenters. The molecule has 106 valence electrons. The molecule has 0 fully saturated rings. The van der Waals surface area contributed by atoms with Crippen LogP contribution in [-0.4, -0.2) is 13.9 Å². The average Bonchev–Trinajstić information content (AvgIpc) is 2.93. The molecule has 0 aromatic heterocycles. The molecule has 2 aliphatic rings. The molecule has 0 saturated heterocycles. The van der Waals surface area contributed by atoms with Gasteiger partial charge in [0.05, 0.1) is 7.11 Å². The highest BCUT2D eigenvalue weighted by atomic mass is 79.9. The van der Waals surface area contributed by atoms with E-state index in [1.54, 1.807) is 7.11 Å². The van der Waals surface area contributed by atoms with Crippen molar-refractivity contribution in [2.24, 2.45) is 0 Å². The lowest BCUT2D eigenvalue weighted by molar-refractivity contribution is 0.174. The number of allylic oxidation sites excluding steroid dienone is 1. The van der Waals surface area contributed by atoms with Gasteiger partial charge in [0.2, 0.25) is 6.79 Å². The van der Waals surface area contributed by atoms with Crippen LogP contribution in [0, 0.1) is 0 Å². The first kappa shape index (κ1) is 12.8. The third-order valence-corrected chi connectivity index (χ3v) is 4.62. The number of benzene rings is 2. The molecule has 0 bridgehead atoms. The lowest BCUT2D eigenvalue weighted by Crippen LogP contribution is -1.93. The molecule has 2 aromatic carbocycles. The molecule has 1 aliphatic heterocycles. The topological polar surface area (TPSA) is 27.7 Å². The van der Waals surface area contributed by atoms with Gasteiger partial charge in [-0.25, -0.2) is 0 Å². The highest BCUT2D eigenvalue weighted by molar-refractivity contribution is 9.15. The summed E-state index contributed by atoms with van der Waals surface area (Å²) < 4.78 is 17.4. The van der Waals surface area contributed by atoms with Gasteiger partial charge in [-0.2, -0.15) is 0 Å². The zero-order valence-electron chi connectivity index (χ0n) is 11.5. The van der Waals surface area contributed by atoms with E-state index >= 15 is 0 Å². The highest BCUT2D eigenvalue weighted by Crippen LogP contribution is 2.45. The smallest absolute Gasteiger partial charge is 0.231 e. The van der Waals surface area contributed by atoms with Gasteiger partial charge in [-0.3, -0.25) is 0 Å². The Kier molecular flexibility index (Phi) is 2.93. The number of halogens is 1. The summed E-state index contributed by atoms with van der Waals surface area (Å²) in [6.45, 7) is 0.287. The summed E-state index contributed by atoms with van der Waals surface area (Å²) in [5.41, 5.74) is 4.72. The van der Waals surface area contributed by atoms with Gasteiger partial charge in [0.25, 0.3) is 0 Å². The summed E-state index contributed by atoms with van der Waals surface area (Å²) in [6.07, 6.45) is 3.03. The van der Waals surface area contributed by atoms with Crippen molar-refractivity contribution in [3.8, 4) is 28.4 Å². The molecule has 3 nitrogen and oxygen atoms in total. The van der Waals surface area contributed by atoms with Crippen LogP contribution in [0.4, 0.5) is 0 Å². The molecular formula is C17H13BrO3. The molecule has 0 saturated carbocycles. The second kappa shape index (κ2) is 4.81. The Balaban J connectivity index is 1.98. The van der Waals surface area contributed by atoms with Crippen LogP contribution in [0.5, 0.6) is 17.2 Å². The fraction of sp³-hybridized carbons (Fsp3) is 0.176. The Labute approximate surface area is 131 Å². The standard InChI is InChI=1S/C17H13BrO3/c1-19-11-3-4-12-10(6-11)2-5-15(18)14-8-17-16(7-13(12)14)20-9-21-17/h3-8H,2,9H2,1H3. The van der Waals surface area contributed by atoms with E-state index in [0.717, 1.165) is 39.3 Å². The third kappa shape index (κ3) is 2.02. The maximum atomic E-state index is 5.52. The number of fused-ring (bicyclic) bond motifs is 4. The van der Waals surface area contributed by atoms with E-state index in [2.05, 4.69) is 40.2 Å². The van der Waals surface area contributed by atoms with Crippen molar-refractivity contribution < 1.29 is 14.2 Å². The Bertz CT molecular complexity index is 765. The van der Waals surface area contributed by atoms with Crippen molar-refractivity contribution in [2.75, 3.05) is 13.9 Å². The van der Waals surface area contributed by atoms with Crippen LogP contribution in [-0.2, 0) is 6.42 Å². The van der Waals surface area contributed by atoms with Crippen molar-refractivity contribution >= 4 is 20.4 Å². The molecule has 1 heterocycles. The highest BCUT2D eigenvalue weighted by Gasteiger charge is 2.22. The lowest BCUT2D eigenvalue weighted by atomic mass is 9.95. The predicted octanol–water partition coefficient (Wildman–Crippen LogP) is 4.38. The van der Waals surface area contributed by atoms with E-state index in [0.29, 0.717) is 0 Å². The Morgan fingerprint density at radius 1 is 1.00 bits per heavy atom. The molecule has 0 spiro atoms. The van der Waals surface area contributed by atoms with Crippen molar-refractivity contribution in [3.63, 3.8) is 0 Å². The summed E-state index contributed by atoms with van der Waals surface area (Å²) in [5.74, 6) is 2.48. The first-order valence-electron chi connectivity index (χ1n) is 6.73. The number of rotatable bonds is 1. The first-order chi connectivity index (χ1) is 10.3. The summed E-state index contributed by atoms with van der Waals surface area (Å²) in [6, 6.07) is 10.3. The predicted molar refractivity (Wildman–Crippen MR) is 85.2 cm³/mol. The fourth-order valence-corrected chi connectivity index (χ4v) is 3.29. The normalized spacial score (nSPS) is 14.9. The van der Waals surface area contributed by atoms with Gasteiger partial charge in [-0.1, -0.05) is 28.1 Å². The third-order valence-electron chi connectivity index (χ3n) is 3.87. The quantitative estimate of drug-likeness (QED) is 0.768. The SMILES string of the molecule is COc1ccc2c(c1)CC=C(Br)c1cc3c(cc1-2)OCO3. The van der Waals surface area contributed by atoms with Gasteiger partial charge >= 0.3 is 0 Å². The maximum Gasteiger partial charge on any atom is 0.231 e. The number of methoxy groups -OCH3 is 1. The van der Waals surface area contributed by atoms with E-state index in [4.69, 9.17) is 14.2 Å². The van der Waals surface area contributed by atoms with Gasteiger partial charge in [0.1, 0.15) is 5.75 Å². The zero-order chi connectivity index (χ0) is 14.4. The molecule has 0 radical (unpaired) electrons. The minimum atomic E-state index is 0.287. The van der Waals surface area contributed by atoms with Crippen LogP contribution >= 0.6 is 15.9 Å². The van der Waals surface area contributed by atoms with Gasteiger partial charge in [-0.05, 0) is 47.4 Å². The Hall–Kier alpha value is -1.94. The van der Waals surface area contributed by atoms with Crippen molar-refractivity contribution in [1.29, 1.82) is 0 Å². The van der Waals surface area contributed by atoms with E-state index in [9.17, 15) is 0 Å². The number of hydrogen-bond donors (Lipinski definition) is 0. The average molecular weight is 345 g/mol. The maximum absolute atomic E-state index is 5.52. The fourth-order valence-electron chi connectivity index (χ4n) is 2.80. The van der Waals surface area contributed by atoms with Gasteiger partial charge < -0.3 is 14.2 Å². The summed E-state index contributed by atoms with van der Waals surface area (Å²) in [4.78, 5) is 0. The van der Waals surface area contributed by atoms with Crippen LogP contribution in [0.3, 0.4) is 0 Å². The second-order valence-corrected chi connectivity index (χ2v) is 5.88. The molecule has 2 aromatic rings. The molecule has 4 heteroatoms. The Morgan fingerprint density at radius 2 is 1.76 bits per heavy atom. The number of hydrogen-bond acceptors (Lipinski definition) is 3. The monoisotopic (exact) mass is 344 g/mol. The lowest BCUT2D eigenvalue weighted by Gasteiger charge is -2.12. The summed E-state index contributed by atoms with van der Waals surface area (Å²) >= 11 is 3.67. The van der Waals surface area contributed by atoms with E-state index < -0.39 is 0 Å². The molecular weight excluding hydrogens is 332 g/mol. The van der Waals surface area contributed by atoms with Crippen LogP contribution < -0.4 is 14.2 Å². The molecule has 0 unspecified atom stereocenters. The van der Waals surface area contributed by atoms with Crippen molar-refractivity contribution in [2.45, 2.75) is 6.42 Å². The molecule has 0 amide bonds. The van der Waals surface area contributed by atoms with Crippen LogP contribution in [0.25, 0.3) is 15.6 Å². The molecule has 0 N–H and O–H groups in total. The largest absolute Gasteiger partial charge is 0.497 e. The van der Waals surface area contributed by atoms with E-state index in [1.165, 1.54) is 11.1 Å². The first-order valence-corrected chi connectivity index (χ1v) is 7.52. The second-order valence-electron chi connectivity index (χ2n) is 5.03. The molecule has 4 rings (SSSR count). The zero-order valence-corrected chi connectivity index (χ0v) is 13.1. The van der Waals surface area contributed by atoms with Gasteiger partial charge in [0, 0.05) is 10.0 Å². The van der Waals surface area contributed by atoms with Crippen molar-refractivity contribution in [3.05, 3.63) is 47.5 Å². The Morgan fingerprint density at radius 3 is 2.52 bits per heavy atom. The van der Waals surface area contributed by atoms with E-state index in [1.807, 2.05) is 12.1 Å². The van der Waals surface area contributed by atoms with Crippen LogP contribution in [0.15, 0.2) is 36.4 Å². The number of ether oxygens (including phenoxy) is 3. The molecule has 1 aliphatic carbocycles. The summed E-state index contributed by atoms with van der Waals surface area (Å²) in [5, 5.41) is 0. The van der Waals surface area contributed by atoms with Gasteiger partial charge in [-0.15, -0.1) is 0 Å². The van der Waals surface area contributed by atoms with Gasteiger partial charge in [0.15, 0.2) is 11.5 Å². The molecule has 21 heavy (non-hydrogen) atoms. The van der Waals surface area contributed by atoms with Crippen LogP contribution in [0.1, 0.15) is 11.1 Å². The van der Waals surface area contributed by atoms with Crippen molar-refractivity contribution in [1.82, 2.24) is 0 Å². The van der Waals surface area contributed by atoms with E-state index in [-0.39, 0.29) is 6.79 Å². The minimum Gasteiger partial charge on any atom is -0.497 e. The minimum absolute atomic E-state index is 0.287. The summed E-state index contributed by atoms with van der Waals surface area (Å²) in [7, 11) is 1.69.